The van der Waals surface area contributed by atoms with Gasteiger partial charge in [-0.05, 0) is 6.42 Å². The predicted molar refractivity (Wildman–Crippen MR) is 38.1 cm³/mol. The summed E-state index contributed by atoms with van der Waals surface area (Å²) in [6.07, 6.45) is 4.52. The van der Waals surface area contributed by atoms with E-state index >= 15 is 0 Å². The summed E-state index contributed by atoms with van der Waals surface area (Å²) in [5.41, 5.74) is 0. The van der Waals surface area contributed by atoms with Crippen molar-refractivity contribution < 1.29 is 4.48 Å². The van der Waals surface area contributed by atoms with Crippen LogP contribution < -0.4 is 0 Å². The van der Waals surface area contributed by atoms with Crippen molar-refractivity contribution in [3.63, 3.8) is 0 Å². The van der Waals surface area contributed by atoms with Crippen LogP contribution in [0.25, 0.3) is 0 Å². The van der Waals surface area contributed by atoms with Crippen LogP contribution in [0.5, 0.6) is 0 Å². The molecule has 0 aromatic rings. The minimum atomic E-state index is 1.05. The first-order valence-corrected chi connectivity index (χ1v) is 4.03. The molecule has 0 amide bonds. The molecular formula is C8H16N+. The zero-order valence-electron chi connectivity index (χ0n) is 6.43. The van der Waals surface area contributed by atoms with Crippen molar-refractivity contribution in [3.8, 4) is 0 Å². The molecule has 9 heavy (non-hydrogen) atoms. The van der Waals surface area contributed by atoms with Crippen molar-refractivity contribution in [2.45, 2.75) is 25.3 Å². The van der Waals surface area contributed by atoms with Gasteiger partial charge < -0.3 is 4.48 Å². The molecule has 2 aliphatic rings. The zero-order chi connectivity index (χ0) is 6.48. The molecule has 1 saturated carbocycles. The van der Waals surface area contributed by atoms with Gasteiger partial charge in [0, 0.05) is 18.8 Å². The first-order chi connectivity index (χ1) is 4.20. The Morgan fingerprint density at radius 1 is 1.11 bits per heavy atom. The lowest BCUT2D eigenvalue weighted by molar-refractivity contribution is -0.908. The van der Waals surface area contributed by atoms with Gasteiger partial charge in [0.2, 0.25) is 0 Å². The maximum absolute atomic E-state index is 2.38. The van der Waals surface area contributed by atoms with Gasteiger partial charge in [-0.25, -0.2) is 0 Å². The summed E-state index contributed by atoms with van der Waals surface area (Å²) >= 11 is 0. The number of hydrogen-bond acceptors (Lipinski definition) is 0. The lowest BCUT2D eigenvalue weighted by atomic mass is 9.80. The second-order valence-electron chi connectivity index (χ2n) is 4.20. The maximum atomic E-state index is 2.38. The van der Waals surface area contributed by atoms with Crippen molar-refractivity contribution in [1.29, 1.82) is 0 Å². The Morgan fingerprint density at radius 3 is 2.11 bits per heavy atom. The van der Waals surface area contributed by atoms with E-state index in [4.69, 9.17) is 0 Å². The first kappa shape index (κ1) is 5.72. The minimum Gasteiger partial charge on any atom is -0.326 e. The van der Waals surface area contributed by atoms with E-state index in [9.17, 15) is 0 Å². The molecule has 1 heterocycles. The van der Waals surface area contributed by atoms with Crippen LogP contribution in [-0.2, 0) is 0 Å². The number of quaternary nitrogens is 1. The van der Waals surface area contributed by atoms with E-state index < -0.39 is 0 Å². The summed E-state index contributed by atoms with van der Waals surface area (Å²) in [4.78, 5) is 0. The fourth-order valence-electron chi connectivity index (χ4n) is 2.47. The van der Waals surface area contributed by atoms with Crippen molar-refractivity contribution >= 4 is 0 Å². The highest BCUT2D eigenvalue weighted by atomic mass is 15.4. The molecule has 1 aliphatic heterocycles. The van der Waals surface area contributed by atoms with E-state index in [-0.39, 0.29) is 0 Å². The first-order valence-electron chi connectivity index (χ1n) is 4.03. The molecule has 0 aromatic heterocycles. The third-order valence-electron chi connectivity index (χ3n) is 3.35. The molecule has 1 saturated heterocycles. The highest BCUT2D eigenvalue weighted by molar-refractivity contribution is 4.85. The summed E-state index contributed by atoms with van der Waals surface area (Å²) < 4.78 is 1.31. The molecule has 0 aromatic carbocycles. The lowest BCUT2D eigenvalue weighted by Crippen LogP contribution is -2.49. The van der Waals surface area contributed by atoms with Gasteiger partial charge in [0.05, 0.1) is 26.7 Å². The van der Waals surface area contributed by atoms with Crippen molar-refractivity contribution in [2.75, 3.05) is 20.6 Å². The number of fused-ring (bicyclic) bond motifs is 1. The largest absolute Gasteiger partial charge is 0.326 e. The van der Waals surface area contributed by atoms with Crippen LogP contribution in [0.2, 0.25) is 0 Å². The Bertz CT molecular complexity index is 129. The highest BCUT2D eigenvalue weighted by Crippen LogP contribution is 2.42. The average molecular weight is 126 g/mol. The van der Waals surface area contributed by atoms with E-state index in [2.05, 4.69) is 14.1 Å². The molecule has 0 unspecified atom stereocenters. The summed E-state index contributed by atoms with van der Waals surface area (Å²) in [6.45, 7) is 1.43. The van der Waals surface area contributed by atoms with Gasteiger partial charge >= 0.3 is 0 Å². The number of rotatable bonds is 0. The molecule has 52 valence electrons. The smallest absolute Gasteiger partial charge is 0.0917 e. The van der Waals surface area contributed by atoms with E-state index in [0.29, 0.717) is 0 Å². The fourth-order valence-corrected chi connectivity index (χ4v) is 2.47. The fraction of sp³-hybridized carbons (Fsp3) is 1.00. The molecular weight excluding hydrogens is 110 g/mol. The van der Waals surface area contributed by atoms with Crippen LogP contribution in [0.15, 0.2) is 0 Å². The zero-order valence-corrected chi connectivity index (χ0v) is 6.43. The quantitative estimate of drug-likeness (QED) is 0.428. The second-order valence-corrected chi connectivity index (χ2v) is 4.20. The van der Waals surface area contributed by atoms with Crippen LogP contribution in [0, 0.1) is 5.92 Å². The van der Waals surface area contributed by atoms with E-state index in [1.165, 1.54) is 30.3 Å². The van der Waals surface area contributed by atoms with Gasteiger partial charge in [-0.2, -0.15) is 0 Å². The van der Waals surface area contributed by atoms with Gasteiger partial charge in [0.1, 0.15) is 0 Å². The van der Waals surface area contributed by atoms with Gasteiger partial charge in [0.15, 0.2) is 0 Å². The molecule has 2 atom stereocenters. The summed E-state index contributed by atoms with van der Waals surface area (Å²) in [5, 5.41) is 0. The van der Waals surface area contributed by atoms with Gasteiger partial charge in [-0.15, -0.1) is 0 Å². The molecule has 1 nitrogen and oxygen atoms in total. The molecule has 1 aliphatic carbocycles. The summed E-state index contributed by atoms with van der Waals surface area (Å²) in [5.74, 6) is 1.11. The molecule has 1 heteroatoms. The van der Waals surface area contributed by atoms with Crippen molar-refractivity contribution in [1.82, 2.24) is 0 Å². The molecule has 0 spiro atoms. The monoisotopic (exact) mass is 126 g/mol. The van der Waals surface area contributed by atoms with E-state index in [0.717, 1.165) is 12.0 Å². The maximum Gasteiger partial charge on any atom is 0.0917 e. The predicted octanol–water partition coefficient (Wildman–Crippen LogP) is 1.25. The lowest BCUT2D eigenvalue weighted by Gasteiger charge is -2.39. The van der Waals surface area contributed by atoms with Crippen LogP contribution in [0.3, 0.4) is 0 Å². The Labute approximate surface area is 57.3 Å². The Hall–Kier alpha value is -0.0400. The van der Waals surface area contributed by atoms with Gasteiger partial charge in [-0.3, -0.25) is 0 Å². The van der Waals surface area contributed by atoms with Gasteiger partial charge in [-0.1, -0.05) is 0 Å². The molecule has 0 radical (unpaired) electrons. The number of likely N-dealkylation sites (tertiary alicyclic amines) is 1. The average Bonchev–Trinajstić information content (AvgIpc) is 1.74. The number of hydrogen-bond donors (Lipinski definition) is 0. The third kappa shape index (κ3) is 0.644. The Kier molecular flexibility index (Phi) is 0.963. The van der Waals surface area contributed by atoms with E-state index in [1.807, 2.05) is 0 Å². The molecule has 0 N–H and O–H groups in total. The third-order valence-corrected chi connectivity index (χ3v) is 3.35. The van der Waals surface area contributed by atoms with Gasteiger partial charge in [0.25, 0.3) is 0 Å². The topological polar surface area (TPSA) is 0 Å². The minimum absolute atomic E-state index is 1.05. The van der Waals surface area contributed by atoms with Crippen LogP contribution in [0.1, 0.15) is 19.3 Å². The van der Waals surface area contributed by atoms with Crippen molar-refractivity contribution in [2.24, 2.45) is 5.92 Å². The second kappa shape index (κ2) is 1.51. The van der Waals surface area contributed by atoms with Crippen LogP contribution >= 0.6 is 0 Å². The highest BCUT2D eigenvalue weighted by Gasteiger charge is 2.48. The summed E-state index contributed by atoms with van der Waals surface area (Å²) in [7, 11) is 4.76. The summed E-state index contributed by atoms with van der Waals surface area (Å²) in [6, 6.07) is 1.05. The standard InChI is InChI=1S/C8H16N/c1-9(2)6-5-7-3-4-8(7)9/h7-8H,3-6H2,1-2H3/q+1/t7-,8-/m0/s1. The van der Waals surface area contributed by atoms with E-state index in [1.54, 1.807) is 0 Å². The number of nitrogens with zero attached hydrogens (tertiary/aromatic N) is 1. The Balaban J connectivity index is 2.14. The normalized spacial score (nSPS) is 46.0. The SMILES string of the molecule is C[N+]1(C)CC[C@@H]2CC[C@@H]21. The molecule has 2 fully saturated rings. The molecule has 0 bridgehead atoms. The van der Waals surface area contributed by atoms with Crippen molar-refractivity contribution in [3.05, 3.63) is 0 Å². The molecule has 2 rings (SSSR count). The van der Waals surface area contributed by atoms with Crippen LogP contribution in [0.4, 0.5) is 0 Å². The Morgan fingerprint density at radius 2 is 1.89 bits per heavy atom. The van der Waals surface area contributed by atoms with Crippen LogP contribution in [-0.4, -0.2) is 31.2 Å².